The summed E-state index contributed by atoms with van der Waals surface area (Å²) in [6, 6.07) is 7.49. The van der Waals surface area contributed by atoms with Crippen LogP contribution < -0.4 is 10.6 Å². The van der Waals surface area contributed by atoms with Gasteiger partial charge < -0.3 is 10.1 Å². The number of ether oxygens (including phenoxy) is 1. The number of fused-ring (bicyclic) bond motifs is 1. The molecule has 0 bridgehead atoms. The van der Waals surface area contributed by atoms with E-state index < -0.39 is 23.8 Å². The Morgan fingerprint density at radius 3 is 2.61 bits per heavy atom. The van der Waals surface area contributed by atoms with Gasteiger partial charge in [0.15, 0.2) is 0 Å². The van der Waals surface area contributed by atoms with E-state index in [1.54, 1.807) is 45.4 Å². The van der Waals surface area contributed by atoms with Crippen LogP contribution in [-0.4, -0.2) is 33.7 Å². The maximum Gasteiger partial charge on any atom is 0.412 e. The number of hydrogen-bond acceptors (Lipinski definition) is 5. The molecule has 0 unspecified atom stereocenters. The van der Waals surface area contributed by atoms with Crippen molar-refractivity contribution in [3.63, 3.8) is 0 Å². The molecule has 0 aliphatic heterocycles. The van der Waals surface area contributed by atoms with Crippen molar-refractivity contribution in [2.45, 2.75) is 52.3 Å². The number of benzene rings is 1. The molecule has 8 heteroatoms. The highest BCUT2D eigenvalue weighted by molar-refractivity contribution is 6.04. The number of nitrogens with zero attached hydrogens (tertiary/aromatic N) is 2. The third kappa shape index (κ3) is 5.27. The van der Waals surface area contributed by atoms with Crippen molar-refractivity contribution in [1.29, 1.82) is 0 Å². The summed E-state index contributed by atoms with van der Waals surface area (Å²) in [5, 5.41) is 6.94. The molecule has 1 aliphatic rings. The van der Waals surface area contributed by atoms with Crippen molar-refractivity contribution in [3.05, 3.63) is 48.4 Å². The van der Waals surface area contributed by atoms with Crippen LogP contribution in [0, 0.1) is 5.92 Å². The van der Waals surface area contributed by atoms with E-state index in [-0.39, 0.29) is 12.3 Å². The van der Waals surface area contributed by atoms with E-state index in [1.165, 1.54) is 0 Å². The summed E-state index contributed by atoms with van der Waals surface area (Å²) < 4.78 is 18.7. The summed E-state index contributed by atoms with van der Waals surface area (Å²) in [5.74, 6) is -0.660. The second-order valence-corrected chi connectivity index (χ2v) is 9.18. The van der Waals surface area contributed by atoms with Crippen molar-refractivity contribution in [2.24, 2.45) is 5.92 Å². The highest BCUT2D eigenvalue weighted by atomic mass is 19.1. The minimum Gasteiger partial charge on any atom is -0.444 e. The molecule has 2 heterocycles. The minimum absolute atomic E-state index is 0.244. The van der Waals surface area contributed by atoms with Crippen molar-refractivity contribution in [2.75, 3.05) is 10.6 Å². The van der Waals surface area contributed by atoms with Gasteiger partial charge in [-0.1, -0.05) is 6.92 Å². The second-order valence-electron chi connectivity index (χ2n) is 9.18. The van der Waals surface area contributed by atoms with Crippen LogP contribution in [0.3, 0.4) is 0 Å². The molecular formula is C25H27FN4O3. The quantitative estimate of drug-likeness (QED) is 0.535. The van der Waals surface area contributed by atoms with Crippen molar-refractivity contribution < 1.29 is 18.7 Å². The standard InChI is InChI=1S/C25H27FN4O3/c1-5-14-6-7-27-12-18(14)15-8-16-10-22(30-23(31)17-11-20(17)26)28-13-19(16)21(9-15)29-24(32)33-25(2,3)4/h6-10,12-13,17,20H,5,11H2,1-4H3,(H,29,32)(H,28,30,31)/t17-,20+/m1/s1. The Labute approximate surface area is 191 Å². The summed E-state index contributed by atoms with van der Waals surface area (Å²) in [5.41, 5.74) is 2.78. The number of rotatable bonds is 5. The molecule has 1 fully saturated rings. The molecule has 2 atom stereocenters. The van der Waals surface area contributed by atoms with Gasteiger partial charge in [0, 0.05) is 29.5 Å². The van der Waals surface area contributed by atoms with Gasteiger partial charge in [-0.15, -0.1) is 0 Å². The normalized spacial score (nSPS) is 17.5. The van der Waals surface area contributed by atoms with E-state index in [4.69, 9.17) is 4.74 Å². The van der Waals surface area contributed by atoms with Gasteiger partial charge in [0.25, 0.3) is 0 Å². The maximum absolute atomic E-state index is 13.2. The molecule has 2 N–H and O–H groups in total. The summed E-state index contributed by atoms with van der Waals surface area (Å²) in [6.07, 6.45) is 4.50. The molecule has 2 amide bonds. The van der Waals surface area contributed by atoms with E-state index in [2.05, 4.69) is 27.5 Å². The lowest BCUT2D eigenvalue weighted by Crippen LogP contribution is -2.27. The Hall–Kier alpha value is -3.55. The van der Waals surface area contributed by atoms with Crippen LogP contribution in [0.15, 0.2) is 42.9 Å². The summed E-state index contributed by atoms with van der Waals surface area (Å²) in [4.78, 5) is 33.2. The fraction of sp³-hybridized carbons (Fsp3) is 0.360. The lowest BCUT2D eigenvalue weighted by molar-refractivity contribution is -0.117. The molecule has 33 heavy (non-hydrogen) atoms. The number of carbonyl (C=O) groups excluding carboxylic acids is 2. The average molecular weight is 451 g/mol. The van der Waals surface area contributed by atoms with Gasteiger partial charge in [-0.05, 0) is 74.4 Å². The number of anilines is 2. The van der Waals surface area contributed by atoms with Crippen LogP contribution in [0.1, 0.15) is 39.7 Å². The average Bonchev–Trinajstić information content (AvgIpc) is 3.48. The number of alkyl halides is 1. The molecule has 3 aromatic rings. The van der Waals surface area contributed by atoms with Crippen molar-refractivity contribution >= 4 is 34.3 Å². The Bertz CT molecular complexity index is 1220. The number of aryl methyl sites for hydroxylation is 1. The summed E-state index contributed by atoms with van der Waals surface area (Å²) in [6.45, 7) is 7.45. The maximum atomic E-state index is 13.2. The topological polar surface area (TPSA) is 93.2 Å². The van der Waals surface area contributed by atoms with Crippen LogP contribution in [-0.2, 0) is 16.0 Å². The summed E-state index contributed by atoms with van der Waals surface area (Å²) in [7, 11) is 0. The SMILES string of the molecule is CCc1ccncc1-c1cc(NC(=O)OC(C)(C)C)c2cnc(NC(=O)[C@@H]3C[C@@H]3F)cc2c1. The van der Waals surface area contributed by atoms with E-state index in [0.717, 1.165) is 28.5 Å². The molecule has 0 radical (unpaired) electrons. The zero-order valence-corrected chi connectivity index (χ0v) is 19.1. The molecular weight excluding hydrogens is 423 g/mol. The molecule has 2 aromatic heterocycles. The van der Waals surface area contributed by atoms with Gasteiger partial charge >= 0.3 is 6.09 Å². The zero-order valence-electron chi connectivity index (χ0n) is 19.1. The smallest absolute Gasteiger partial charge is 0.412 e. The molecule has 0 spiro atoms. The monoisotopic (exact) mass is 450 g/mol. The molecule has 7 nitrogen and oxygen atoms in total. The predicted molar refractivity (Wildman–Crippen MR) is 126 cm³/mol. The van der Waals surface area contributed by atoms with E-state index >= 15 is 0 Å². The largest absolute Gasteiger partial charge is 0.444 e. The summed E-state index contributed by atoms with van der Waals surface area (Å²) >= 11 is 0. The van der Waals surface area contributed by atoms with Gasteiger partial charge in [-0.2, -0.15) is 0 Å². The van der Waals surface area contributed by atoms with Crippen molar-refractivity contribution in [3.8, 4) is 11.1 Å². The Kier molecular flexibility index (Phi) is 6.01. The van der Waals surface area contributed by atoms with Crippen LogP contribution >= 0.6 is 0 Å². The first-order valence-electron chi connectivity index (χ1n) is 11.0. The molecule has 4 rings (SSSR count). The van der Waals surface area contributed by atoms with Crippen LogP contribution in [0.25, 0.3) is 21.9 Å². The van der Waals surface area contributed by atoms with Gasteiger partial charge in [-0.25, -0.2) is 14.2 Å². The number of nitrogens with one attached hydrogen (secondary N) is 2. The van der Waals surface area contributed by atoms with Crippen LogP contribution in [0.2, 0.25) is 0 Å². The molecule has 172 valence electrons. The predicted octanol–water partition coefficient (Wildman–Crippen LogP) is 5.50. The first-order chi connectivity index (χ1) is 15.6. The number of amides is 2. The number of carbonyl (C=O) groups is 2. The number of hydrogen-bond donors (Lipinski definition) is 2. The van der Waals surface area contributed by atoms with Gasteiger partial charge in [0.05, 0.1) is 11.6 Å². The second kappa shape index (κ2) is 8.77. The zero-order chi connectivity index (χ0) is 23.8. The highest BCUT2D eigenvalue weighted by Gasteiger charge is 2.43. The van der Waals surface area contributed by atoms with Crippen LogP contribution in [0.4, 0.5) is 20.7 Å². The minimum atomic E-state index is -1.08. The van der Waals surface area contributed by atoms with Gasteiger partial charge in [0.1, 0.15) is 17.6 Å². The van der Waals surface area contributed by atoms with E-state index in [0.29, 0.717) is 16.9 Å². The van der Waals surface area contributed by atoms with E-state index in [9.17, 15) is 14.0 Å². The number of aromatic nitrogens is 2. The molecule has 1 aromatic carbocycles. The van der Waals surface area contributed by atoms with Gasteiger partial charge in [0.2, 0.25) is 5.91 Å². The third-order valence-corrected chi connectivity index (χ3v) is 5.38. The third-order valence-electron chi connectivity index (χ3n) is 5.38. The Morgan fingerprint density at radius 1 is 1.18 bits per heavy atom. The lowest BCUT2D eigenvalue weighted by Gasteiger charge is -2.20. The van der Waals surface area contributed by atoms with E-state index in [1.807, 2.05) is 18.2 Å². The Morgan fingerprint density at radius 2 is 1.94 bits per heavy atom. The first-order valence-corrected chi connectivity index (χ1v) is 11.0. The lowest BCUT2D eigenvalue weighted by atomic mass is 9.97. The fourth-order valence-electron chi connectivity index (χ4n) is 3.64. The Balaban J connectivity index is 1.76. The highest BCUT2D eigenvalue weighted by Crippen LogP contribution is 2.36. The number of pyridine rings is 2. The number of halogens is 1. The molecule has 0 saturated heterocycles. The van der Waals surface area contributed by atoms with Gasteiger partial charge in [-0.3, -0.25) is 15.1 Å². The van der Waals surface area contributed by atoms with Crippen LogP contribution in [0.5, 0.6) is 0 Å². The molecule has 1 saturated carbocycles. The fourth-order valence-corrected chi connectivity index (χ4v) is 3.64. The molecule has 1 aliphatic carbocycles. The first kappa shape index (κ1) is 22.6. The van der Waals surface area contributed by atoms with Crippen molar-refractivity contribution in [1.82, 2.24) is 9.97 Å².